The van der Waals surface area contributed by atoms with Gasteiger partial charge in [0.1, 0.15) is 5.69 Å². The largest absolute Gasteiger partial charge is 0.465 e. The van der Waals surface area contributed by atoms with Gasteiger partial charge in [-0.1, -0.05) is 17.7 Å². The first-order chi connectivity index (χ1) is 13.5. The normalized spacial score (nSPS) is 10.2. The number of halogens is 1. The summed E-state index contributed by atoms with van der Waals surface area (Å²) in [6, 6.07) is 15.5. The van der Waals surface area contributed by atoms with E-state index in [4.69, 9.17) is 11.6 Å². The molecule has 1 heterocycles. The fourth-order valence-electron chi connectivity index (χ4n) is 2.51. The maximum absolute atomic E-state index is 12.4. The molecule has 0 aliphatic carbocycles. The number of amides is 1. The van der Waals surface area contributed by atoms with E-state index in [1.807, 2.05) is 6.92 Å². The second-order valence-electron chi connectivity index (χ2n) is 5.99. The molecule has 3 rings (SSSR count). The number of hydrogen-bond acceptors (Lipinski definition) is 5. The van der Waals surface area contributed by atoms with E-state index in [1.54, 1.807) is 60.8 Å². The summed E-state index contributed by atoms with van der Waals surface area (Å²) in [5.74, 6) is -0.710. The summed E-state index contributed by atoms with van der Waals surface area (Å²) in [4.78, 5) is 28.1. The minimum Gasteiger partial charge on any atom is -0.465 e. The van der Waals surface area contributed by atoms with Crippen molar-refractivity contribution in [1.82, 2.24) is 4.98 Å². The van der Waals surface area contributed by atoms with Crippen molar-refractivity contribution >= 4 is 40.5 Å². The number of carbonyl (C=O) groups is 2. The molecule has 0 spiro atoms. The molecule has 0 radical (unpaired) electrons. The quantitative estimate of drug-likeness (QED) is 0.605. The van der Waals surface area contributed by atoms with Crippen molar-refractivity contribution < 1.29 is 14.3 Å². The lowest BCUT2D eigenvalue weighted by Gasteiger charge is -2.10. The molecule has 7 heteroatoms. The molecule has 0 saturated carbocycles. The molecule has 0 aliphatic heterocycles. The topological polar surface area (TPSA) is 80.3 Å². The molecule has 3 aromatic rings. The van der Waals surface area contributed by atoms with Crippen LogP contribution in [0.2, 0.25) is 5.02 Å². The molecule has 0 bridgehead atoms. The highest BCUT2D eigenvalue weighted by molar-refractivity contribution is 6.31. The Labute approximate surface area is 167 Å². The van der Waals surface area contributed by atoms with Gasteiger partial charge in [-0.2, -0.15) is 0 Å². The lowest BCUT2D eigenvalue weighted by atomic mass is 10.2. The minimum absolute atomic E-state index is 0.283. The summed E-state index contributed by atoms with van der Waals surface area (Å²) in [5, 5.41) is 6.55. The first-order valence-corrected chi connectivity index (χ1v) is 8.83. The van der Waals surface area contributed by atoms with Gasteiger partial charge in [0, 0.05) is 16.4 Å². The van der Waals surface area contributed by atoms with Gasteiger partial charge in [-0.3, -0.25) is 4.79 Å². The zero-order valence-electron chi connectivity index (χ0n) is 15.3. The average molecular weight is 396 g/mol. The molecule has 0 atom stereocenters. The second-order valence-corrected chi connectivity index (χ2v) is 6.40. The summed E-state index contributed by atoms with van der Waals surface area (Å²) < 4.78 is 4.67. The van der Waals surface area contributed by atoms with Crippen LogP contribution in [0, 0.1) is 6.92 Å². The number of carbonyl (C=O) groups excluding carboxylic acids is 2. The van der Waals surface area contributed by atoms with Crippen molar-refractivity contribution in [1.29, 1.82) is 0 Å². The van der Waals surface area contributed by atoms with Crippen LogP contribution >= 0.6 is 11.6 Å². The van der Waals surface area contributed by atoms with Gasteiger partial charge in [0.2, 0.25) is 0 Å². The van der Waals surface area contributed by atoms with Gasteiger partial charge in [-0.15, -0.1) is 0 Å². The van der Waals surface area contributed by atoms with E-state index in [2.05, 4.69) is 20.4 Å². The van der Waals surface area contributed by atoms with Crippen molar-refractivity contribution in [2.45, 2.75) is 6.92 Å². The van der Waals surface area contributed by atoms with Crippen molar-refractivity contribution in [3.63, 3.8) is 0 Å². The minimum atomic E-state index is -0.390. The van der Waals surface area contributed by atoms with E-state index in [9.17, 15) is 9.59 Å². The van der Waals surface area contributed by atoms with Crippen LogP contribution in [0.3, 0.4) is 0 Å². The van der Waals surface area contributed by atoms with Crippen LogP contribution < -0.4 is 10.6 Å². The van der Waals surface area contributed by atoms with Crippen molar-refractivity contribution in [2.75, 3.05) is 17.7 Å². The maximum atomic E-state index is 12.4. The maximum Gasteiger partial charge on any atom is 0.337 e. The average Bonchev–Trinajstić information content (AvgIpc) is 2.72. The highest BCUT2D eigenvalue weighted by Gasteiger charge is 2.11. The summed E-state index contributed by atoms with van der Waals surface area (Å²) in [7, 11) is 1.34. The zero-order valence-corrected chi connectivity index (χ0v) is 16.1. The predicted octanol–water partition coefficient (Wildman–Crippen LogP) is 4.83. The molecule has 0 saturated heterocycles. The van der Waals surface area contributed by atoms with Crippen LogP contribution in [0.1, 0.15) is 26.4 Å². The Balaban J connectivity index is 1.67. The van der Waals surface area contributed by atoms with E-state index >= 15 is 0 Å². The number of benzene rings is 2. The zero-order chi connectivity index (χ0) is 20.1. The van der Waals surface area contributed by atoms with E-state index in [-0.39, 0.29) is 11.6 Å². The van der Waals surface area contributed by atoms with E-state index in [0.717, 1.165) is 11.3 Å². The fraction of sp³-hybridized carbons (Fsp3) is 0.0952. The Bertz CT molecular complexity index is 1000. The van der Waals surface area contributed by atoms with Crippen LogP contribution in [0.4, 0.5) is 17.1 Å². The summed E-state index contributed by atoms with van der Waals surface area (Å²) in [6.45, 7) is 1.84. The lowest BCUT2D eigenvalue weighted by Crippen LogP contribution is -2.14. The Kier molecular flexibility index (Phi) is 5.91. The molecular weight excluding hydrogens is 378 g/mol. The number of esters is 1. The number of anilines is 3. The highest BCUT2D eigenvalue weighted by atomic mass is 35.5. The standard InChI is InChI=1S/C21H18ClN3O3/c1-13-17(22)4-3-5-18(13)25-20(26)19-11-10-16(12-23-19)24-15-8-6-14(7-9-15)21(27)28-2/h3-12,24H,1-2H3,(H,25,26). The van der Waals surface area contributed by atoms with Gasteiger partial charge >= 0.3 is 5.97 Å². The van der Waals surface area contributed by atoms with Gasteiger partial charge in [0.05, 0.1) is 24.6 Å². The van der Waals surface area contributed by atoms with Crippen LogP contribution in [-0.2, 0) is 4.74 Å². The van der Waals surface area contributed by atoms with Crippen molar-refractivity contribution in [2.24, 2.45) is 0 Å². The Morgan fingerprint density at radius 1 is 1.00 bits per heavy atom. The summed E-state index contributed by atoms with van der Waals surface area (Å²) in [6.07, 6.45) is 1.56. The Morgan fingerprint density at radius 3 is 2.36 bits per heavy atom. The van der Waals surface area contributed by atoms with Crippen LogP contribution in [0.25, 0.3) is 0 Å². The van der Waals surface area contributed by atoms with Gasteiger partial charge in [0.15, 0.2) is 0 Å². The molecule has 0 aliphatic rings. The van der Waals surface area contributed by atoms with E-state index in [0.29, 0.717) is 22.0 Å². The van der Waals surface area contributed by atoms with Crippen molar-refractivity contribution in [3.8, 4) is 0 Å². The van der Waals surface area contributed by atoms with Crippen LogP contribution in [-0.4, -0.2) is 24.0 Å². The number of rotatable bonds is 5. The fourth-order valence-corrected chi connectivity index (χ4v) is 2.68. The third-order valence-electron chi connectivity index (χ3n) is 4.11. The molecule has 0 unspecified atom stereocenters. The second kappa shape index (κ2) is 8.54. The number of nitrogens with zero attached hydrogens (tertiary/aromatic N) is 1. The molecule has 6 nitrogen and oxygen atoms in total. The molecule has 2 N–H and O–H groups in total. The van der Waals surface area contributed by atoms with Gasteiger partial charge in [-0.05, 0) is 61.0 Å². The summed E-state index contributed by atoms with van der Waals surface area (Å²) in [5.41, 5.74) is 3.68. The number of hydrogen-bond donors (Lipinski definition) is 2. The number of ether oxygens (including phenoxy) is 1. The first-order valence-electron chi connectivity index (χ1n) is 8.46. The number of pyridine rings is 1. The van der Waals surface area contributed by atoms with Gasteiger partial charge in [-0.25, -0.2) is 9.78 Å². The number of methoxy groups -OCH3 is 1. The van der Waals surface area contributed by atoms with E-state index in [1.165, 1.54) is 7.11 Å². The van der Waals surface area contributed by atoms with Crippen LogP contribution in [0.15, 0.2) is 60.8 Å². The smallest absolute Gasteiger partial charge is 0.337 e. The number of aromatic nitrogens is 1. The highest BCUT2D eigenvalue weighted by Crippen LogP contribution is 2.23. The van der Waals surface area contributed by atoms with Gasteiger partial charge in [0.25, 0.3) is 5.91 Å². The Morgan fingerprint density at radius 2 is 1.71 bits per heavy atom. The van der Waals surface area contributed by atoms with Crippen molar-refractivity contribution in [3.05, 3.63) is 82.6 Å². The third-order valence-corrected chi connectivity index (χ3v) is 4.52. The molecule has 1 aromatic heterocycles. The molecule has 142 valence electrons. The molecule has 2 aromatic carbocycles. The molecule has 1 amide bonds. The van der Waals surface area contributed by atoms with E-state index < -0.39 is 5.97 Å². The summed E-state index contributed by atoms with van der Waals surface area (Å²) >= 11 is 6.08. The lowest BCUT2D eigenvalue weighted by molar-refractivity contribution is 0.0600. The van der Waals surface area contributed by atoms with Crippen LogP contribution in [0.5, 0.6) is 0 Å². The molecular formula is C21H18ClN3O3. The monoisotopic (exact) mass is 395 g/mol. The number of nitrogens with one attached hydrogen (secondary N) is 2. The first kappa shape index (κ1) is 19.4. The van der Waals surface area contributed by atoms with Gasteiger partial charge < -0.3 is 15.4 Å². The third kappa shape index (κ3) is 4.47. The Hall–Kier alpha value is -3.38. The molecule has 0 fully saturated rings. The SMILES string of the molecule is COC(=O)c1ccc(Nc2ccc(C(=O)Nc3cccc(Cl)c3C)nc2)cc1. The predicted molar refractivity (Wildman–Crippen MR) is 109 cm³/mol. The molecule has 28 heavy (non-hydrogen) atoms.